The number of benzene rings is 2. The first-order chi connectivity index (χ1) is 12.1. The number of amides is 2. The summed E-state index contributed by atoms with van der Waals surface area (Å²) in [4.78, 5) is 10.9. The van der Waals surface area contributed by atoms with E-state index in [0.717, 1.165) is 30.1 Å². The molecular weight excluding hydrogens is 312 g/mol. The third kappa shape index (κ3) is 4.53. The lowest BCUT2D eigenvalue weighted by atomic mass is 9.96. The Balaban J connectivity index is 1.80. The van der Waals surface area contributed by atoms with Gasteiger partial charge in [0, 0.05) is 11.6 Å². The fraction of sp³-hybridized carbons (Fsp3) is 0.381. The summed E-state index contributed by atoms with van der Waals surface area (Å²) >= 11 is 0. The Labute approximate surface area is 149 Å². The molecule has 1 fully saturated rings. The second-order valence-electron chi connectivity index (χ2n) is 6.88. The molecule has 0 aliphatic heterocycles. The highest BCUT2D eigenvalue weighted by Gasteiger charge is 2.23. The van der Waals surface area contributed by atoms with Crippen molar-refractivity contribution in [3.8, 4) is 16.9 Å². The molecule has 1 aliphatic rings. The summed E-state index contributed by atoms with van der Waals surface area (Å²) in [5.74, 6) is 1.62. The quantitative estimate of drug-likeness (QED) is 0.793. The van der Waals surface area contributed by atoms with E-state index in [4.69, 9.17) is 10.5 Å². The van der Waals surface area contributed by atoms with Gasteiger partial charge >= 0.3 is 6.03 Å². The van der Waals surface area contributed by atoms with Gasteiger partial charge in [-0.15, -0.1) is 0 Å². The number of carbonyl (C=O) groups excluding carboxylic acids is 1. The van der Waals surface area contributed by atoms with Gasteiger partial charge in [0.2, 0.25) is 0 Å². The molecule has 4 heteroatoms. The number of hydrogen-bond donors (Lipinski definition) is 2. The number of rotatable bonds is 7. The zero-order valence-electron chi connectivity index (χ0n) is 14.9. The molecule has 0 bridgehead atoms. The molecule has 0 radical (unpaired) electrons. The van der Waals surface area contributed by atoms with E-state index < -0.39 is 6.03 Å². The Hall–Kier alpha value is -2.49. The van der Waals surface area contributed by atoms with Crippen molar-refractivity contribution in [2.45, 2.75) is 44.6 Å². The van der Waals surface area contributed by atoms with Gasteiger partial charge in [0.15, 0.2) is 0 Å². The lowest BCUT2D eigenvalue weighted by molar-refractivity contribution is 0.245. The Bertz CT molecular complexity index is 753. The van der Waals surface area contributed by atoms with Crippen molar-refractivity contribution in [3.63, 3.8) is 0 Å². The summed E-state index contributed by atoms with van der Waals surface area (Å²) in [7, 11) is 1.71. The van der Waals surface area contributed by atoms with E-state index in [2.05, 4.69) is 41.7 Å². The maximum Gasteiger partial charge on any atom is 0.312 e. The average molecular weight is 338 g/mol. The van der Waals surface area contributed by atoms with E-state index in [1.807, 2.05) is 13.0 Å². The van der Waals surface area contributed by atoms with Gasteiger partial charge in [0.25, 0.3) is 0 Å². The average Bonchev–Trinajstić information content (AvgIpc) is 3.44. The summed E-state index contributed by atoms with van der Waals surface area (Å²) in [5, 5.41) is 2.72. The largest absolute Gasteiger partial charge is 0.496 e. The molecule has 0 spiro atoms. The van der Waals surface area contributed by atoms with E-state index in [-0.39, 0.29) is 6.04 Å². The summed E-state index contributed by atoms with van der Waals surface area (Å²) in [5.41, 5.74) is 10.1. The molecule has 0 heterocycles. The number of carbonyl (C=O) groups is 1. The van der Waals surface area contributed by atoms with Crippen molar-refractivity contribution in [2.75, 3.05) is 7.11 Å². The second kappa shape index (κ2) is 7.60. The van der Waals surface area contributed by atoms with E-state index in [9.17, 15) is 4.79 Å². The second-order valence-corrected chi connectivity index (χ2v) is 6.88. The lowest BCUT2D eigenvalue weighted by Gasteiger charge is -2.14. The molecule has 132 valence electrons. The Morgan fingerprint density at radius 1 is 1.28 bits per heavy atom. The van der Waals surface area contributed by atoms with Gasteiger partial charge < -0.3 is 15.8 Å². The first-order valence-electron chi connectivity index (χ1n) is 8.90. The highest BCUT2D eigenvalue weighted by atomic mass is 16.5. The van der Waals surface area contributed by atoms with Crippen LogP contribution in [0.5, 0.6) is 5.75 Å². The third-order valence-electron chi connectivity index (χ3n) is 4.76. The van der Waals surface area contributed by atoms with Crippen molar-refractivity contribution in [1.29, 1.82) is 0 Å². The van der Waals surface area contributed by atoms with Crippen LogP contribution in [0.2, 0.25) is 0 Å². The van der Waals surface area contributed by atoms with E-state index >= 15 is 0 Å². The van der Waals surface area contributed by atoms with Crippen molar-refractivity contribution in [2.24, 2.45) is 5.73 Å². The van der Waals surface area contributed by atoms with Crippen LogP contribution in [0, 0.1) is 0 Å². The predicted octanol–water partition coefficient (Wildman–Crippen LogP) is 4.23. The Kier molecular flexibility index (Phi) is 5.27. The van der Waals surface area contributed by atoms with E-state index in [1.54, 1.807) is 7.11 Å². The van der Waals surface area contributed by atoms with Gasteiger partial charge in [-0.2, -0.15) is 0 Å². The van der Waals surface area contributed by atoms with E-state index in [0.29, 0.717) is 0 Å². The number of hydrogen-bond acceptors (Lipinski definition) is 2. The zero-order chi connectivity index (χ0) is 17.8. The molecule has 1 aliphatic carbocycles. The SMILES string of the molecule is COc1ccc(CCC(C)NC(N)=O)cc1-c1cccc(C2CC2)c1. The minimum Gasteiger partial charge on any atom is -0.496 e. The van der Waals surface area contributed by atoms with Crippen molar-refractivity contribution < 1.29 is 9.53 Å². The monoisotopic (exact) mass is 338 g/mol. The topological polar surface area (TPSA) is 64.3 Å². The van der Waals surface area contributed by atoms with Crippen LogP contribution in [0.1, 0.15) is 43.2 Å². The molecule has 0 saturated heterocycles. The highest BCUT2D eigenvalue weighted by molar-refractivity contribution is 5.72. The van der Waals surface area contributed by atoms with Crippen LogP contribution in [-0.2, 0) is 6.42 Å². The number of methoxy groups -OCH3 is 1. The van der Waals surface area contributed by atoms with Crippen LogP contribution in [0.15, 0.2) is 42.5 Å². The predicted molar refractivity (Wildman–Crippen MR) is 101 cm³/mol. The smallest absolute Gasteiger partial charge is 0.312 e. The number of ether oxygens (including phenoxy) is 1. The number of urea groups is 1. The molecule has 4 nitrogen and oxygen atoms in total. The maximum absolute atomic E-state index is 10.9. The van der Waals surface area contributed by atoms with Gasteiger partial charge in [-0.3, -0.25) is 0 Å². The molecule has 3 rings (SSSR count). The van der Waals surface area contributed by atoms with Crippen LogP contribution in [0.3, 0.4) is 0 Å². The maximum atomic E-state index is 10.9. The van der Waals surface area contributed by atoms with Crippen molar-refractivity contribution in [3.05, 3.63) is 53.6 Å². The van der Waals surface area contributed by atoms with Crippen LogP contribution >= 0.6 is 0 Å². The third-order valence-corrected chi connectivity index (χ3v) is 4.76. The van der Waals surface area contributed by atoms with Crippen LogP contribution < -0.4 is 15.8 Å². The zero-order valence-corrected chi connectivity index (χ0v) is 14.9. The molecule has 3 N–H and O–H groups in total. The lowest BCUT2D eigenvalue weighted by Crippen LogP contribution is -2.36. The number of primary amides is 1. The highest BCUT2D eigenvalue weighted by Crippen LogP contribution is 2.42. The molecule has 2 amide bonds. The van der Waals surface area contributed by atoms with Crippen molar-refractivity contribution in [1.82, 2.24) is 5.32 Å². The molecule has 1 saturated carbocycles. The summed E-state index contributed by atoms with van der Waals surface area (Å²) in [6.45, 7) is 1.97. The summed E-state index contributed by atoms with van der Waals surface area (Å²) < 4.78 is 5.58. The van der Waals surface area contributed by atoms with Gasteiger partial charge in [-0.1, -0.05) is 30.3 Å². The minimum atomic E-state index is -0.472. The first-order valence-corrected chi connectivity index (χ1v) is 8.90. The van der Waals surface area contributed by atoms with E-state index in [1.165, 1.54) is 29.5 Å². The van der Waals surface area contributed by atoms with Gasteiger partial charge in [0.1, 0.15) is 5.75 Å². The Morgan fingerprint density at radius 2 is 2.08 bits per heavy atom. The molecule has 2 aromatic carbocycles. The molecule has 1 unspecified atom stereocenters. The molecule has 1 atom stereocenters. The molecule has 25 heavy (non-hydrogen) atoms. The number of aryl methyl sites for hydroxylation is 1. The number of nitrogens with one attached hydrogen (secondary N) is 1. The van der Waals surface area contributed by atoms with Crippen LogP contribution in [0.4, 0.5) is 4.79 Å². The van der Waals surface area contributed by atoms with Crippen molar-refractivity contribution >= 4 is 6.03 Å². The van der Waals surface area contributed by atoms with Gasteiger partial charge in [-0.05, 0) is 67.3 Å². The standard InChI is InChI=1S/C21H26N2O2/c1-14(23-21(22)24)6-7-15-8-11-20(25-2)19(12-15)18-5-3-4-17(13-18)16-9-10-16/h3-5,8,11-14,16H,6-7,9-10H2,1-2H3,(H3,22,23,24). The Morgan fingerprint density at radius 3 is 2.76 bits per heavy atom. The normalized spacial score (nSPS) is 14.8. The minimum absolute atomic E-state index is 0.0567. The summed E-state index contributed by atoms with van der Waals surface area (Å²) in [6, 6.07) is 14.7. The van der Waals surface area contributed by atoms with Gasteiger partial charge in [0.05, 0.1) is 7.11 Å². The number of nitrogens with two attached hydrogens (primary N) is 1. The first kappa shape index (κ1) is 17.3. The molecule has 2 aromatic rings. The molecular formula is C21H26N2O2. The van der Waals surface area contributed by atoms with Crippen LogP contribution in [-0.4, -0.2) is 19.2 Å². The summed E-state index contributed by atoms with van der Waals surface area (Å²) in [6.07, 6.45) is 4.31. The fourth-order valence-corrected chi connectivity index (χ4v) is 3.21. The van der Waals surface area contributed by atoms with Crippen LogP contribution in [0.25, 0.3) is 11.1 Å². The van der Waals surface area contributed by atoms with Gasteiger partial charge in [-0.25, -0.2) is 4.79 Å². The molecule has 0 aromatic heterocycles. The fourth-order valence-electron chi connectivity index (χ4n) is 3.21.